The minimum atomic E-state index is -0.607. The Kier molecular flexibility index (Phi) is 4.70. The fourth-order valence-corrected chi connectivity index (χ4v) is 1.95. The van der Waals surface area contributed by atoms with Gasteiger partial charge in [-0.05, 0) is 27.9 Å². The molecule has 0 unspecified atom stereocenters. The molecule has 1 aliphatic heterocycles. The monoisotopic (exact) mass is 256 g/mol. The standard InChI is InChI=1S/C12H24N4O2/c1-10(17)15(9-8-14(4)5)16-7-6-13-12(2,3)11(16)18/h13H,6-9H2,1-5H3. The first-order valence-corrected chi connectivity index (χ1v) is 6.25. The fraction of sp³-hybridized carbons (Fsp3) is 0.833. The first kappa shape index (κ1) is 14.9. The number of carbonyl (C=O) groups is 2. The van der Waals surface area contributed by atoms with Crippen molar-refractivity contribution >= 4 is 11.8 Å². The van der Waals surface area contributed by atoms with Crippen molar-refractivity contribution in [1.82, 2.24) is 20.2 Å². The Morgan fingerprint density at radius 1 is 1.39 bits per heavy atom. The Balaban J connectivity index is 2.79. The molecule has 1 rings (SSSR count). The largest absolute Gasteiger partial charge is 0.308 e. The number of piperazine rings is 1. The topological polar surface area (TPSA) is 55.9 Å². The number of hydrazine groups is 1. The highest BCUT2D eigenvalue weighted by Crippen LogP contribution is 2.14. The third-order valence-electron chi connectivity index (χ3n) is 3.07. The molecule has 1 fully saturated rings. The van der Waals surface area contributed by atoms with Gasteiger partial charge in [-0.3, -0.25) is 14.6 Å². The lowest BCUT2D eigenvalue weighted by molar-refractivity contribution is -0.170. The van der Waals surface area contributed by atoms with Gasteiger partial charge in [-0.2, -0.15) is 0 Å². The molecule has 0 spiro atoms. The molecule has 2 amide bonds. The van der Waals surface area contributed by atoms with Gasteiger partial charge in [-0.25, -0.2) is 5.01 Å². The summed E-state index contributed by atoms with van der Waals surface area (Å²) in [6, 6.07) is 0. The predicted octanol–water partition coefficient (Wildman–Crippen LogP) is -0.478. The van der Waals surface area contributed by atoms with E-state index in [0.717, 1.165) is 6.54 Å². The van der Waals surface area contributed by atoms with Crippen molar-refractivity contribution < 1.29 is 9.59 Å². The minimum absolute atomic E-state index is 0.0530. The number of likely N-dealkylation sites (N-methyl/N-ethyl adjacent to an activating group) is 1. The Hall–Kier alpha value is -1.14. The summed E-state index contributed by atoms with van der Waals surface area (Å²) in [7, 11) is 3.89. The van der Waals surface area contributed by atoms with Crippen LogP contribution in [0, 0.1) is 0 Å². The average Bonchev–Trinajstić information content (AvgIpc) is 2.23. The SMILES string of the molecule is CC(=O)N(CCN(C)C)N1CCNC(C)(C)C1=O. The molecule has 1 N–H and O–H groups in total. The van der Waals surface area contributed by atoms with Crippen LogP contribution >= 0.6 is 0 Å². The van der Waals surface area contributed by atoms with Gasteiger partial charge >= 0.3 is 0 Å². The molecule has 0 radical (unpaired) electrons. The van der Waals surface area contributed by atoms with Crippen molar-refractivity contribution in [2.75, 3.05) is 40.3 Å². The smallest absolute Gasteiger partial charge is 0.260 e. The lowest BCUT2D eigenvalue weighted by Gasteiger charge is -2.43. The van der Waals surface area contributed by atoms with Gasteiger partial charge in [-0.15, -0.1) is 0 Å². The van der Waals surface area contributed by atoms with E-state index < -0.39 is 5.54 Å². The molecule has 1 aliphatic rings. The molecule has 6 heteroatoms. The fourth-order valence-electron chi connectivity index (χ4n) is 1.95. The molecule has 6 nitrogen and oxygen atoms in total. The Morgan fingerprint density at radius 2 is 2.00 bits per heavy atom. The third kappa shape index (κ3) is 3.43. The van der Waals surface area contributed by atoms with Gasteiger partial charge in [0.25, 0.3) is 5.91 Å². The molecule has 0 atom stereocenters. The van der Waals surface area contributed by atoms with E-state index in [2.05, 4.69) is 5.32 Å². The maximum Gasteiger partial charge on any atom is 0.260 e. The van der Waals surface area contributed by atoms with Gasteiger partial charge in [0.05, 0.1) is 18.6 Å². The molecule has 0 saturated carbocycles. The number of hydrogen-bond acceptors (Lipinski definition) is 4. The molecule has 0 aromatic heterocycles. The summed E-state index contributed by atoms with van der Waals surface area (Å²) in [4.78, 5) is 26.0. The van der Waals surface area contributed by atoms with Crippen LogP contribution in [0.2, 0.25) is 0 Å². The van der Waals surface area contributed by atoms with Crippen molar-refractivity contribution in [2.24, 2.45) is 0 Å². The van der Waals surface area contributed by atoms with E-state index in [1.807, 2.05) is 32.8 Å². The highest BCUT2D eigenvalue weighted by atomic mass is 16.2. The molecule has 0 aromatic carbocycles. The molecule has 1 saturated heterocycles. The van der Waals surface area contributed by atoms with Crippen molar-refractivity contribution in [3.63, 3.8) is 0 Å². The summed E-state index contributed by atoms with van der Waals surface area (Å²) in [5, 5.41) is 6.28. The van der Waals surface area contributed by atoms with Crippen LogP contribution < -0.4 is 5.32 Å². The lowest BCUT2D eigenvalue weighted by atomic mass is 10.0. The molecule has 18 heavy (non-hydrogen) atoms. The van der Waals surface area contributed by atoms with E-state index in [0.29, 0.717) is 19.6 Å². The number of hydrogen-bond donors (Lipinski definition) is 1. The first-order valence-electron chi connectivity index (χ1n) is 6.25. The number of rotatable bonds is 4. The maximum atomic E-state index is 12.3. The summed E-state index contributed by atoms with van der Waals surface area (Å²) < 4.78 is 0. The molecule has 0 bridgehead atoms. The zero-order chi connectivity index (χ0) is 13.9. The second kappa shape index (κ2) is 5.67. The van der Waals surface area contributed by atoms with Crippen LogP contribution in [0.1, 0.15) is 20.8 Å². The summed E-state index contributed by atoms with van der Waals surface area (Å²) in [5.41, 5.74) is -0.607. The molecule has 0 aliphatic carbocycles. The maximum absolute atomic E-state index is 12.3. The van der Waals surface area contributed by atoms with Crippen LogP contribution in [0.5, 0.6) is 0 Å². The first-order chi connectivity index (χ1) is 8.25. The van der Waals surface area contributed by atoms with Crippen molar-refractivity contribution in [3.8, 4) is 0 Å². The van der Waals surface area contributed by atoms with Gasteiger partial charge in [0, 0.05) is 20.0 Å². The number of amides is 2. The molecular weight excluding hydrogens is 232 g/mol. The quantitative estimate of drug-likeness (QED) is 0.738. The summed E-state index contributed by atoms with van der Waals surface area (Å²) in [6.07, 6.45) is 0. The average molecular weight is 256 g/mol. The predicted molar refractivity (Wildman–Crippen MR) is 69.7 cm³/mol. The van der Waals surface area contributed by atoms with Crippen LogP contribution in [0.25, 0.3) is 0 Å². The highest BCUT2D eigenvalue weighted by Gasteiger charge is 2.38. The van der Waals surface area contributed by atoms with Crippen molar-refractivity contribution in [2.45, 2.75) is 26.3 Å². The van der Waals surface area contributed by atoms with Crippen LogP contribution in [0.4, 0.5) is 0 Å². The van der Waals surface area contributed by atoms with Crippen LogP contribution in [-0.4, -0.2) is 72.5 Å². The molecule has 104 valence electrons. The highest BCUT2D eigenvalue weighted by molar-refractivity contribution is 5.88. The van der Waals surface area contributed by atoms with Gasteiger partial charge < -0.3 is 10.2 Å². The Labute approximate surface area is 109 Å². The number of nitrogens with one attached hydrogen (secondary N) is 1. The lowest BCUT2D eigenvalue weighted by Crippen LogP contribution is -2.66. The summed E-state index contributed by atoms with van der Waals surface area (Å²) in [5.74, 6) is -0.148. The van der Waals surface area contributed by atoms with Crippen LogP contribution in [0.3, 0.4) is 0 Å². The van der Waals surface area contributed by atoms with E-state index in [1.54, 1.807) is 10.0 Å². The van der Waals surface area contributed by atoms with Crippen LogP contribution in [-0.2, 0) is 9.59 Å². The number of carbonyl (C=O) groups excluding carboxylic acids is 2. The Morgan fingerprint density at radius 3 is 2.50 bits per heavy atom. The second-order valence-corrected chi connectivity index (χ2v) is 5.43. The van der Waals surface area contributed by atoms with Gasteiger partial charge in [0.2, 0.25) is 5.91 Å². The van der Waals surface area contributed by atoms with Gasteiger partial charge in [-0.1, -0.05) is 0 Å². The zero-order valence-electron chi connectivity index (χ0n) is 12.0. The zero-order valence-corrected chi connectivity index (χ0v) is 12.0. The van der Waals surface area contributed by atoms with Crippen molar-refractivity contribution in [3.05, 3.63) is 0 Å². The van der Waals surface area contributed by atoms with Gasteiger partial charge in [0.1, 0.15) is 0 Å². The van der Waals surface area contributed by atoms with E-state index in [-0.39, 0.29) is 11.8 Å². The molecule has 1 heterocycles. The normalized spacial score (nSPS) is 19.2. The summed E-state index contributed by atoms with van der Waals surface area (Å²) in [6.45, 7) is 7.68. The third-order valence-corrected chi connectivity index (χ3v) is 3.07. The summed E-state index contributed by atoms with van der Waals surface area (Å²) >= 11 is 0. The Bertz CT molecular complexity index is 328. The minimum Gasteiger partial charge on any atom is -0.308 e. The van der Waals surface area contributed by atoms with E-state index in [4.69, 9.17) is 0 Å². The van der Waals surface area contributed by atoms with Crippen LogP contribution in [0.15, 0.2) is 0 Å². The van der Waals surface area contributed by atoms with E-state index >= 15 is 0 Å². The second-order valence-electron chi connectivity index (χ2n) is 5.43. The van der Waals surface area contributed by atoms with E-state index in [1.165, 1.54) is 6.92 Å². The molecular formula is C12H24N4O2. The van der Waals surface area contributed by atoms with Crippen molar-refractivity contribution in [1.29, 1.82) is 0 Å². The number of nitrogens with zero attached hydrogens (tertiary/aromatic N) is 3. The van der Waals surface area contributed by atoms with Gasteiger partial charge in [0.15, 0.2) is 0 Å². The van der Waals surface area contributed by atoms with E-state index in [9.17, 15) is 9.59 Å². The molecule has 0 aromatic rings.